The summed E-state index contributed by atoms with van der Waals surface area (Å²) in [5.74, 6) is 2.40. The molecule has 0 aliphatic heterocycles. The number of non-ortho nitro benzene ring substituents is 1. The van der Waals surface area contributed by atoms with Gasteiger partial charge in [0.25, 0.3) is 5.69 Å². The molecule has 1 amide bonds. The van der Waals surface area contributed by atoms with Crippen LogP contribution in [0.3, 0.4) is 0 Å². The van der Waals surface area contributed by atoms with E-state index in [2.05, 4.69) is 16.4 Å². The molecule has 0 saturated carbocycles. The Morgan fingerprint density at radius 2 is 2.08 bits per heavy atom. The number of amides is 1. The van der Waals surface area contributed by atoms with Crippen molar-refractivity contribution >= 4 is 17.8 Å². The molecule has 2 aromatic rings. The number of hydrogen-bond acceptors (Lipinski definition) is 5. The van der Waals surface area contributed by atoms with Gasteiger partial charge in [0.15, 0.2) is 0 Å². The van der Waals surface area contributed by atoms with E-state index in [1.165, 1.54) is 24.4 Å². The van der Waals surface area contributed by atoms with Crippen LogP contribution in [0.1, 0.15) is 17.5 Å². The number of nitrogens with one attached hydrogen (secondary N) is 1. The maximum absolute atomic E-state index is 11.8. The zero-order chi connectivity index (χ0) is 18.8. The summed E-state index contributed by atoms with van der Waals surface area (Å²) in [6.07, 6.45) is 7.31. The predicted octanol–water partition coefficient (Wildman–Crippen LogP) is 2.69. The second-order valence-corrected chi connectivity index (χ2v) is 5.25. The fraction of sp³-hybridized carbons (Fsp3) is 0.158. The first-order valence-electron chi connectivity index (χ1n) is 7.80. The minimum atomic E-state index is -0.527. The Hall–Kier alpha value is -3.66. The SMILES string of the molecule is C#CCOc1ccc([N+](=O)[O-])cc1/C=N\NC(=O)CCc1ccccc1. The van der Waals surface area contributed by atoms with Crippen LogP contribution in [0.2, 0.25) is 0 Å². The van der Waals surface area contributed by atoms with Crippen molar-refractivity contribution in [2.24, 2.45) is 5.10 Å². The number of nitro groups is 1. The zero-order valence-corrected chi connectivity index (χ0v) is 13.9. The number of ether oxygens (including phenoxy) is 1. The number of nitrogens with zero attached hydrogens (tertiary/aromatic N) is 2. The molecule has 1 N–H and O–H groups in total. The third-order valence-electron chi connectivity index (χ3n) is 3.39. The lowest BCUT2D eigenvalue weighted by atomic mass is 10.1. The fourth-order valence-electron chi connectivity index (χ4n) is 2.13. The first-order valence-corrected chi connectivity index (χ1v) is 7.80. The summed E-state index contributed by atoms with van der Waals surface area (Å²) >= 11 is 0. The van der Waals surface area contributed by atoms with Gasteiger partial charge in [0.2, 0.25) is 5.91 Å². The van der Waals surface area contributed by atoms with Crippen molar-refractivity contribution in [3.05, 3.63) is 69.8 Å². The van der Waals surface area contributed by atoms with Crippen molar-refractivity contribution in [3.63, 3.8) is 0 Å². The molecule has 0 aliphatic carbocycles. The second kappa shape index (κ2) is 9.59. The van der Waals surface area contributed by atoms with E-state index in [1.807, 2.05) is 30.3 Å². The summed E-state index contributed by atoms with van der Waals surface area (Å²) < 4.78 is 5.32. The zero-order valence-electron chi connectivity index (χ0n) is 13.9. The monoisotopic (exact) mass is 351 g/mol. The summed E-state index contributed by atoms with van der Waals surface area (Å²) in [5, 5.41) is 14.7. The third-order valence-corrected chi connectivity index (χ3v) is 3.39. The van der Waals surface area contributed by atoms with Gasteiger partial charge < -0.3 is 4.74 Å². The molecule has 0 aliphatic rings. The fourth-order valence-corrected chi connectivity index (χ4v) is 2.13. The maximum atomic E-state index is 11.8. The Morgan fingerprint density at radius 1 is 1.31 bits per heavy atom. The van der Waals surface area contributed by atoms with E-state index in [9.17, 15) is 14.9 Å². The van der Waals surface area contributed by atoms with E-state index in [4.69, 9.17) is 11.2 Å². The Morgan fingerprint density at radius 3 is 2.77 bits per heavy atom. The number of carbonyl (C=O) groups is 1. The first-order chi connectivity index (χ1) is 12.6. The second-order valence-electron chi connectivity index (χ2n) is 5.25. The van der Waals surface area contributed by atoms with Gasteiger partial charge in [0.1, 0.15) is 12.4 Å². The van der Waals surface area contributed by atoms with Gasteiger partial charge in [-0.3, -0.25) is 14.9 Å². The van der Waals surface area contributed by atoms with Gasteiger partial charge in [-0.1, -0.05) is 36.3 Å². The van der Waals surface area contributed by atoms with Crippen molar-refractivity contribution in [1.29, 1.82) is 0 Å². The molecule has 0 bridgehead atoms. The van der Waals surface area contributed by atoms with Crippen LogP contribution in [0.5, 0.6) is 5.75 Å². The van der Waals surface area contributed by atoms with Crippen molar-refractivity contribution in [3.8, 4) is 18.1 Å². The highest BCUT2D eigenvalue weighted by molar-refractivity contribution is 5.86. The van der Waals surface area contributed by atoms with Crippen molar-refractivity contribution in [1.82, 2.24) is 5.43 Å². The summed E-state index contributed by atoms with van der Waals surface area (Å²) in [4.78, 5) is 22.2. The molecular weight excluding hydrogens is 334 g/mol. The van der Waals surface area contributed by atoms with Crippen LogP contribution in [0, 0.1) is 22.5 Å². The number of hydrogen-bond donors (Lipinski definition) is 1. The van der Waals surface area contributed by atoms with Crippen LogP contribution in [0.25, 0.3) is 0 Å². The van der Waals surface area contributed by atoms with Gasteiger partial charge >= 0.3 is 0 Å². The number of hydrazone groups is 1. The highest BCUT2D eigenvalue weighted by Gasteiger charge is 2.10. The lowest BCUT2D eigenvalue weighted by Gasteiger charge is -2.06. The highest BCUT2D eigenvalue weighted by Crippen LogP contribution is 2.22. The number of aryl methyl sites for hydroxylation is 1. The Bertz CT molecular complexity index is 842. The smallest absolute Gasteiger partial charge is 0.270 e. The maximum Gasteiger partial charge on any atom is 0.270 e. The minimum Gasteiger partial charge on any atom is -0.480 e. The average molecular weight is 351 g/mol. The van der Waals surface area contributed by atoms with E-state index >= 15 is 0 Å². The topological polar surface area (TPSA) is 93.8 Å². The van der Waals surface area contributed by atoms with Crippen LogP contribution in [0.4, 0.5) is 5.69 Å². The van der Waals surface area contributed by atoms with Gasteiger partial charge in [-0.2, -0.15) is 5.10 Å². The summed E-state index contributed by atoms with van der Waals surface area (Å²) in [6, 6.07) is 13.6. The van der Waals surface area contributed by atoms with Crippen LogP contribution >= 0.6 is 0 Å². The van der Waals surface area contributed by atoms with Crippen LogP contribution in [-0.4, -0.2) is 23.7 Å². The largest absolute Gasteiger partial charge is 0.480 e. The van der Waals surface area contributed by atoms with E-state index in [1.54, 1.807) is 0 Å². The molecule has 0 saturated heterocycles. The predicted molar refractivity (Wildman–Crippen MR) is 97.9 cm³/mol. The van der Waals surface area contributed by atoms with Crippen molar-refractivity contribution in [2.45, 2.75) is 12.8 Å². The molecule has 2 aromatic carbocycles. The number of terminal acetylenes is 1. The Kier molecular flexibility index (Phi) is 6.89. The normalized spacial score (nSPS) is 10.3. The minimum absolute atomic E-state index is 0.0160. The third kappa shape index (κ3) is 5.76. The van der Waals surface area contributed by atoms with E-state index < -0.39 is 4.92 Å². The Labute approximate surface area is 150 Å². The molecule has 26 heavy (non-hydrogen) atoms. The molecule has 0 fully saturated rings. The van der Waals surface area contributed by atoms with E-state index in [0.717, 1.165) is 5.56 Å². The lowest BCUT2D eigenvalue weighted by Crippen LogP contribution is -2.18. The number of nitro benzene ring substituents is 1. The number of benzene rings is 2. The summed E-state index contributed by atoms with van der Waals surface area (Å²) in [5.41, 5.74) is 3.68. The quantitative estimate of drug-likeness (QED) is 0.342. The molecule has 7 heteroatoms. The molecule has 7 nitrogen and oxygen atoms in total. The van der Waals surface area contributed by atoms with Gasteiger partial charge in [-0.25, -0.2) is 5.43 Å². The molecule has 132 valence electrons. The molecule has 0 unspecified atom stereocenters. The number of carbonyl (C=O) groups excluding carboxylic acids is 1. The highest BCUT2D eigenvalue weighted by atomic mass is 16.6. The molecule has 0 radical (unpaired) electrons. The van der Waals surface area contributed by atoms with Crippen LogP contribution < -0.4 is 10.2 Å². The average Bonchev–Trinajstić information content (AvgIpc) is 2.66. The van der Waals surface area contributed by atoms with Gasteiger partial charge in [0, 0.05) is 24.1 Å². The standard InChI is InChI=1S/C19H17N3O4/c1-2-12-26-18-10-9-17(22(24)25)13-16(18)14-20-21-19(23)11-8-15-6-4-3-5-7-15/h1,3-7,9-10,13-14H,8,11-12H2,(H,21,23)/b20-14-. The Balaban J connectivity index is 1.99. The summed E-state index contributed by atoms with van der Waals surface area (Å²) in [7, 11) is 0. The van der Waals surface area contributed by atoms with E-state index in [0.29, 0.717) is 17.7 Å². The summed E-state index contributed by atoms with van der Waals surface area (Å²) in [6.45, 7) is 0.0160. The van der Waals surface area contributed by atoms with Crippen molar-refractivity contribution in [2.75, 3.05) is 6.61 Å². The van der Waals surface area contributed by atoms with Crippen molar-refractivity contribution < 1.29 is 14.5 Å². The molecule has 0 heterocycles. The van der Waals surface area contributed by atoms with Gasteiger partial charge in [0.05, 0.1) is 11.1 Å². The van der Waals surface area contributed by atoms with Gasteiger partial charge in [-0.15, -0.1) is 6.42 Å². The van der Waals surface area contributed by atoms with E-state index in [-0.39, 0.29) is 24.6 Å². The number of rotatable bonds is 8. The molecule has 0 atom stereocenters. The molecule has 2 rings (SSSR count). The molecule has 0 aromatic heterocycles. The lowest BCUT2D eigenvalue weighted by molar-refractivity contribution is -0.384. The molecule has 0 spiro atoms. The van der Waals surface area contributed by atoms with Crippen LogP contribution in [0.15, 0.2) is 53.6 Å². The van der Waals surface area contributed by atoms with Gasteiger partial charge in [-0.05, 0) is 18.1 Å². The van der Waals surface area contributed by atoms with Crippen LogP contribution in [-0.2, 0) is 11.2 Å². The molecular formula is C19H17N3O4. The first kappa shape index (κ1) is 18.7.